The predicted molar refractivity (Wildman–Crippen MR) is 125 cm³/mol. The van der Waals surface area contributed by atoms with Crippen molar-refractivity contribution < 1.29 is 33.6 Å². The van der Waals surface area contributed by atoms with E-state index in [1.54, 1.807) is 6.07 Å². The Morgan fingerprint density at radius 2 is 2.00 bits per heavy atom. The lowest BCUT2D eigenvalue weighted by atomic mass is 9.76. The van der Waals surface area contributed by atoms with E-state index in [-0.39, 0.29) is 30.8 Å². The average molecular weight is 519 g/mol. The molecule has 1 N–H and O–H groups in total. The molecule has 0 bridgehead atoms. The number of carbonyl (C=O) groups is 1. The van der Waals surface area contributed by atoms with Crippen molar-refractivity contribution in [3.05, 3.63) is 58.1 Å². The second-order valence-electron chi connectivity index (χ2n) is 8.38. The molecular weight excluding hydrogens is 492 g/mol. The predicted octanol–water partition coefficient (Wildman–Crippen LogP) is 5.48. The third-order valence-electron chi connectivity index (χ3n) is 6.17. The molecule has 8 heteroatoms. The Bertz CT molecular complexity index is 1070. The fraction of sp³-hybridized carbons (Fsp3) is 0.400. The van der Waals surface area contributed by atoms with Gasteiger partial charge in [0.2, 0.25) is 6.79 Å². The van der Waals surface area contributed by atoms with Gasteiger partial charge in [-0.25, -0.2) is 4.79 Å². The summed E-state index contributed by atoms with van der Waals surface area (Å²) in [6.45, 7) is 8.01. The molecule has 0 aliphatic carbocycles. The molecule has 2 aromatic carbocycles. The molecule has 0 unspecified atom stereocenters. The Morgan fingerprint density at radius 1 is 1.24 bits per heavy atom. The number of carboxylic acids is 1. The zero-order valence-corrected chi connectivity index (χ0v) is 20.4. The van der Waals surface area contributed by atoms with Crippen LogP contribution < -0.4 is 18.9 Å². The van der Waals surface area contributed by atoms with Crippen molar-refractivity contribution in [3.8, 4) is 23.0 Å². The summed E-state index contributed by atoms with van der Waals surface area (Å²) in [6.07, 6.45) is 0.301. The molecule has 0 saturated carbocycles. The summed E-state index contributed by atoms with van der Waals surface area (Å²) < 4.78 is 29.6. The van der Waals surface area contributed by atoms with Gasteiger partial charge in [0.05, 0.1) is 19.3 Å². The van der Waals surface area contributed by atoms with Gasteiger partial charge in [-0.05, 0) is 50.1 Å². The van der Waals surface area contributed by atoms with Gasteiger partial charge in [0.1, 0.15) is 0 Å². The van der Waals surface area contributed by atoms with E-state index in [2.05, 4.69) is 28.6 Å². The highest BCUT2D eigenvalue weighted by atomic mass is 79.9. The molecule has 0 amide bonds. The molecule has 7 nitrogen and oxygen atoms in total. The zero-order valence-electron chi connectivity index (χ0n) is 18.8. The lowest BCUT2D eigenvalue weighted by molar-refractivity contribution is -0.139. The molecule has 1 saturated heterocycles. The van der Waals surface area contributed by atoms with Crippen LogP contribution in [0, 0.1) is 5.92 Å². The van der Waals surface area contributed by atoms with Crippen molar-refractivity contribution in [2.24, 2.45) is 5.92 Å². The summed E-state index contributed by atoms with van der Waals surface area (Å²) in [5, 5.41) is 9.16. The summed E-state index contributed by atoms with van der Waals surface area (Å²) >= 11 is 3.53. The Morgan fingerprint density at radius 3 is 2.70 bits per heavy atom. The van der Waals surface area contributed by atoms with Crippen molar-refractivity contribution in [2.45, 2.75) is 38.4 Å². The maximum Gasteiger partial charge on any atom is 0.341 e. The summed E-state index contributed by atoms with van der Waals surface area (Å²) in [4.78, 5) is 11.2. The molecule has 1 fully saturated rings. The van der Waals surface area contributed by atoms with Gasteiger partial charge in [0.25, 0.3) is 0 Å². The molecule has 2 aliphatic rings. The molecule has 2 heterocycles. The van der Waals surface area contributed by atoms with Crippen LogP contribution in [0.1, 0.15) is 43.4 Å². The number of benzene rings is 2. The van der Waals surface area contributed by atoms with Crippen molar-refractivity contribution in [1.29, 1.82) is 0 Å². The third kappa shape index (κ3) is 4.82. The fourth-order valence-electron chi connectivity index (χ4n) is 4.55. The largest absolute Gasteiger partial charge is 0.493 e. The Hall–Kier alpha value is -2.71. The van der Waals surface area contributed by atoms with Crippen LogP contribution in [0.4, 0.5) is 0 Å². The van der Waals surface area contributed by atoms with Crippen molar-refractivity contribution in [1.82, 2.24) is 0 Å². The molecule has 0 spiro atoms. The Balaban J connectivity index is 1.70. The molecule has 176 valence electrons. The highest BCUT2D eigenvalue weighted by Crippen LogP contribution is 2.51. The Kier molecular flexibility index (Phi) is 6.86. The highest BCUT2D eigenvalue weighted by molar-refractivity contribution is 9.10. The smallest absolute Gasteiger partial charge is 0.341 e. The number of fused-ring (bicyclic) bond motifs is 1. The summed E-state index contributed by atoms with van der Waals surface area (Å²) in [5.41, 5.74) is 2.82. The van der Waals surface area contributed by atoms with E-state index in [9.17, 15) is 4.79 Å². The first-order valence-corrected chi connectivity index (χ1v) is 11.5. The van der Waals surface area contributed by atoms with Crippen LogP contribution in [0.2, 0.25) is 0 Å². The third-order valence-corrected chi connectivity index (χ3v) is 6.63. The average Bonchev–Trinajstić information content (AvgIpc) is 3.25. The molecule has 2 aliphatic heterocycles. The SMILES string of the molecule is C=C(C)[C@H]1C[C@H](c2ccc3c(c2)OCO3)[C@H](C)O[C@@H]1c1cc(Br)cc(OC)c1OCC(=O)O. The number of rotatable bonds is 7. The van der Waals surface area contributed by atoms with Crippen LogP contribution in [0.3, 0.4) is 0 Å². The quantitative estimate of drug-likeness (QED) is 0.486. The van der Waals surface area contributed by atoms with E-state index in [0.717, 1.165) is 39.1 Å². The topological polar surface area (TPSA) is 83.5 Å². The first kappa shape index (κ1) is 23.4. The van der Waals surface area contributed by atoms with E-state index in [1.807, 2.05) is 32.0 Å². The van der Waals surface area contributed by atoms with Gasteiger partial charge in [-0.15, -0.1) is 0 Å². The van der Waals surface area contributed by atoms with Crippen LogP contribution >= 0.6 is 15.9 Å². The first-order valence-electron chi connectivity index (χ1n) is 10.7. The van der Waals surface area contributed by atoms with Crippen LogP contribution in [0.25, 0.3) is 0 Å². The number of methoxy groups -OCH3 is 1. The van der Waals surface area contributed by atoms with Gasteiger partial charge in [0, 0.05) is 21.9 Å². The van der Waals surface area contributed by atoms with Gasteiger partial charge in [-0.2, -0.15) is 0 Å². The molecule has 0 aromatic heterocycles. The molecular formula is C25H27BrO7. The van der Waals surface area contributed by atoms with Crippen LogP contribution in [-0.2, 0) is 9.53 Å². The van der Waals surface area contributed by atoms with E-state index < -0.39 is 12.6 Å². The van der Waals surface area contributed by atoms with E-state index in [4.69, 9.17) is 28.8 Å². The lowest BCUT2D eigenvalue weighted by Crippen LogP contribution is -2.34. The number of ether oxygens (including phenoxy) is 5. The minimum atomic E-state index is -1.07. The molecule has 0 radical (unpaired) electrons. The van der Waals surface area contributed by atoms with Crippen molar-refractivity contribution in [2.75, 3.05) is 20.5 Å². The molecule has 2 aromatic rings. The van der Waals surface area contributed by atoms with Crippen LogP contribution in [0.15, 0.2) is 47.0 Å². The van der Waals surface area contributed by atoms with Crippen LogP contribution in [0.5, 0.6) is 23.0 Å². The standard InChI is InChI=1S/C25H27BrO7/c1-13(2)17-10-18(15-5-6-20-21(7-15)32-12-31-20)14(3)33-24(17)19-8-16(26)9-22(29-4)25(19)30-11-23(27)28/h5-9,14,17-18,24H,1,10-12H2,2-4H3,(H,27,28)/t14-,17+,18-,24-/m0/s1. The van der Waals surface area contributed by atoms with E-state index in [0.29, 0.717) is 11.5 Å². The van der Waals surface area contributed by atoms with Gasteiger partial charge in [-0.1, -0.05) is 34.1 Å². The number of hydrogen-bond donors (Lipinski definition) is 1. The minimum Gasteiger partial charge on any atom is -0.493 e. The van der Waals surface area contributed by atoms with Gasteiger partial charge in [0.15, 0.2) is 29.6 Å². The summed E-state index contributed by atoms with van der Waals surface area (Å²) in [7, 11) is 1.52. The molecule has 4 atom stereocenters. The number of aliphatic carboxylic acids is 1. The zero-order chi connectivity index (χ0) is 23.7. The summed E-state index contributed by atoms with van der Waals surface area (Å²) in [6, 6.07) is 9.65. The first-order chi connectivity index (χ1) is 15.8. The normalized spacial score (nSPS) is 23.8. The van der Waals surface area contributed by atoms with Gasteiger partial charge >= 0.3 is 5.97 Å². The second-order valence-corrected chi connectivity index (χ2v) is 9.29. The van der Waals surface area contributed by atoms with Crippen LogP contribution in [-0.4, -0.2) is 37.7 Å². The highest BCUT2D eigenvalue weighted by Gasteiger charge is 2.40. The maximum atomic E-state index is 11.2. The van der Waals surface area contributed by atoms with Crippen molar-refractivity contribution >= 4 is 21.9 Å². The molecule has 33 heavy (non-hydrogen) atoms. The number of halogens is 1. The number of hydrogen-bond acceptors (Lipinski definition) is 6. The summed E-state index contributed by atoms with van der Waals surface area (Å²) in [5.74, 6) is 1.33. The van der Waals surface area contributed by atoms with Gasteiger partial charge < -0.3 is 28.8 Å². The van der Waals surface area contributed by atoms with Gasteiger partial charge in [-0.3, -0.25) is 0 Å². The maximum absolute atomic E-state index is 11.2. The minimum absolute atomic E-state index is 0.0252. The monoisotopic (exact) mass is 518 g/mol. The second kappa shape index (κ2) is 9.65. The van der Waals surface area contributed by atoms with Crippen molar-refractivity contribution in [3.63, 3.8) is 0 Å². The fourth-order valence-corrected chi connectivity index (χ4v) is 5.00. The Labute approximate surface area is 201 Å². The van der Waals surface area contributed by atoms with E-state index in [1.165, 1.54) is 7.11 Å². The number of carboxylic acid groups (broad SMARTS) is 1. The molecule has 4 rings (SSSR count). The van der Waals surface area contributed by atoms with E-state index >= 15 is 0 Å². The lowest BCUT2D eigenvalue weighted by Gasteiger charge is -2.42.